The van der Waals surface area contributed by atoms with Gasteiger partial charge in [0.25, 0.3) is 5.22 Å². The number of carbonyl (C=O) groups excluding carboxylic acids is 1. The van der Waals surface area contributed by atoms with Gasteiger partial charge in [-0.25, -0.2) is 4.98 Å². The number of carbonyl (C=O) groups is 1. The van der Waals surface area contributed by atoms with Gasteiger partial charge in [0, 0.05) is 6.04 Å². The molecule has 4 rings (SSSR count). The number of nitrogens with one attached hydrogen (secondary N) is 1. The van der Waals surface area contributed by atoms with E-state index < -0.39 is 0 Å². The molecule has 2 saturated carbocycles. The molecule has 0 unspecified atom stereocenters. The Bertz CT molecular complexity index is 711. The fourth-order valence-corrected chi connectivity index (χ4v) is 5.23. The van der Waals surface area contributed by atoms with Gasteiger partial charge in [-0.2, -0.15) is 0 Å². The fourth-order valence-electron chi connectivity index (χ4n) is 4.46. The van der Waals surface area contributed by atoms with E-state index in [1.165, 1.54) is 37.4 Å². The van der Waals surface area contributed by atoms with Crippen LogP contribution < -0.4 is 5.32 Å². The Kier molecular flexibility index (Phi) is 4.29. The third-order valence-electron chi connectivity index (χ3n) is 5.73. The first-order valence-electron chi connectivity index (χ1n) is 8.92. The first-order chi connectivity index (χ1) is 11.6. The normalized spacial score (nSPS) is 28.2. The maximum absolute atomic E-state index is 12.5. The van der Waals surface area contributed by atoms with Gasteiger partial charge in [0.1, 0.15) is 5.52 Å². The molecule has 0 spiro atoms. The predicted molar refractivity (Wildman–Crippen MR) is 95.9 cm³/mol. The van der Waals surface area contributed by atoms with Crippen molar-refractivity contribution >= 4 is 28.8 Å². The van der Waals surface area contributed by atoms with Gasteiger partial charge in [-0.15, -0.1) is 0 Å². The largest absolute Gasteiger partial charge is 0.431 e. The van der Waals surface area contributed by atoms with Crippen molar-refractivity contribution in [2.75, 3.05) is 0 Å². The number of benzene rings is 1. The minimum atomic E-state index is -0.209. The van der Waals surface area contributed by atoms with Crippen LogP contribution in [0.3, 0.4) is 0 Å². The lowest BCUT2D eigenvalue weighted by Crippen LogP contribution is -2.43. The zero-order chi connectivity index (χ0) is 16.7. The van der Waals surface area contributed by atoms with Gasteiger partial charge in [-0.05, 0) is 63.0 Å². The average Bonchev–Trinajstić information content (AvgIpc) is 3.28. The van der Waals surface area contributed by atoms with E-state index in [9.17, 15) is 4.79 Å². The molecule has 2 aliphatic rings. The van der Waals surface area contributed by atoms with Crippen LogP contribution in [0.1, 0.15) is 39.5 Å². The number of para-hydroxylation sites is 2. The first-order valence-corrected chi connectivity index (χ1v) is 9.80. The van der Waals surface area contributed by atoms with Crippen molar-refractivity contribution in [2.24, 2.45) is 17.8 Å². The van der Waals surface area contributed by atoms with Gasteiger partial charge in [0.15, 0.2) is 5.58 Å². The Morgan fingerprint density at radius 3 is 2.83 bits per heavy atom. The molecule has 1 aromatic carbocycles. The van der Waals surface area contributed by atoms with E-state index in [4.69, 9.17) is 4.42 Å². The van der Waals surface area contributed by atoms with Crippen LogP contribution in [0, 0.1) is 17.8 Å². The molecule has 4 nitrogen and oxygen atoms in total. The second-order valence-corrected chi connectivity index (χ2v) is 8.64. The van der Waals surface area contributed by atoms with Crippen LogP contribution in [0.2, 0.25) is 0 Å². The van der Waals surface area contributed by atoms with Crippen LogP contribution in [0.5, 0.6) is 0 Å². The van der Waals surface area contributed by atoms with Crippen LogP contribution in [0.4, 0.5) is 0 Å². The number of fused-ring (bicyclic) bond motifs is 3. The molecule has 24 heavy (non-hydrogen) atoms. The third-order valence-corrected chi connectivity index (χ3v) is 6.67. The maximum atomic E-state index is 12.5. The third kappa shape index (κ3) is 3.06. The summed E-state index contributed by atoms with van der Waals surface area (Å²) < 4.78 is 5.71. The summed E-state index contributed by atoms with van der Waals surface area (Å²) in [6.07, 6.45) is 5.41. The second kappa shape index (κ2) is 6.43. The highest BCUT2D eigenvalue weighted by Gasteiger charge is 2.42. The standard InChI is InChI=1S/C19H24N2O2S/c1-11(15-10-13-7-8-14(15)9-13)20-18(22)12(2)24-19-21-16-5-3-4-6-17(16)23-19/h3-6,11-15H,7-10H2,1-2H3,(H,20,22)/t11-,12-,13-,14-,15+/m0/s1. The molecule has 1 N–H and O–H groups in total. The molecule has 2 fully saturated rings. The number of oxazole rings is 1. The van der Waals surface area contributed by atoms with Crippen molar-refractivity contribution in [1.29, 1.82) is 0 Å². The lowest BCUT2D eigenvalue weighted by Gasteiger charge is -2.29. The molecule has 2 aliphatic carbocycles. The van der Waals surface area contributed by atoms with Crippen LogP contribution >= 0.6 is 11.8 Å². The molecule has 2 aromatic rings. The SMILES string of the molecule is C[C@H](Sc1nc2ccccc2o1)C(=O)N[C@@H](C)[C@H]1C[C@H]2CC[C@H]1C2. The number of thioether (sulfide) groups is 1. The summed E-state index contributed by atoms with van der Waals surface area (Å²) in [6, 6.07) is 7.94. The number of amides is 1. The quantitative estimate of drug-likeness (QED) is 0.824. The molecule has 5 atom stereocenters. The van der Waals surface area contributed by atoms with Gasteiger partial charge in [-0.3, -0.25) is 4.79 Å². The number of aromatic nitrogens is 1. The van der Waals surface area contributed by atoms with Crippen molar-refractivity contribution < 1.29 is 9.21 Å². The van der Waals surface area contributed by atoms with E-state index in [0.717, 1.165) is 22.9 Å². The Hall–Kier alpha value is -1.49. The molecule has 2 bridgehead atoms. The van der Waals surface area contributed by atoms with E-state index in [2.05, 4.69) is 17.2 Å². The highest BCUT2D eigenvalue weighted by molar-refractivity contribution is 8.00. The molecule has 0 saturated heterocycles. The highest BCUT2D eigenvalue weighted by atomic mass is 32.2. The van der Waals surface area contributed by atoms with Gasteiger partial charge in [-0.1, -0.05) is 30.3 Å². The van der Waals surface area contributed by atoms with Crippen LogP contribution in [0.25, 0.3) is 11.1 Å². The molecule has 0 radical (unpaired) electrons. The molecule has 0 aliphatic heterocycles. The predicted octanol–water partition coefficient (Wildman–Crippen LogP) is 4.25. The molecular weight excluding hydrogens is 320 g/mol. The number of rotatable bonds is 5. The summed E-state index contributed by atoms with van der Waals surface area (Å²) in [4.78, 5) is 17.0. The minimum absolute atomic E-state index is 0.0810. The molecule has 1 heterocycles. The van der Waals surface area contributed by atoms with Crippen molar-refractivity contribution in [3.05, 3.63) is 24.3 Å². The monoisotopic (exact) mass is 344 g/mol. The van der Waals surface area contributed by atoms with E-state index in [0.29, 0.717) is 11.1 Å². The van der Waals surface area contributed by atoms with Crippen molar-refractivity contribution in [2.45, 2.75) is 56.0 Å². The van der Waals surface area contributed by atoms with Crippen LogP contribution in [-0.4, -0.2) is 22.2 Å². The fraction of sp³-hybridized carbons (Fsp3) is 0.579. The molecule has 5 heteroatoms. The zero-order valence-corrected chi connectivity index (χ0v) is 15.0. The molecule has 128 valence electrons. The van der Waals surface area contributed by atoms with Crippen molar-refractivity contribution in [3.8, 4) is 0 Å². The van der Waals surface area contributed by atoms with Crippen molar-refractivity contribution in [3.63, 3.8) is 0 Å². The summed E-state index contributed by atoms with van der Waals surface area (Å²) >= 11 is 1.39. The highest BCUT2D eigenvalue weighted by Crippen LogP contribution is 2.49. The molecule has 1 amide bonds. The van der Waals surface area contributed by atoms with E-state index in [1.54, 1.807) is 0 Å². The number of hydrogen-bond acceptors (Lipinski definition) is 4. The summed E-state index contributed by atoms with van der Waals surface area (Å²) in [5.41, 5.74) is 1.60. The smallest absolute Gasteiger partial charge is 0.257 e. The van der Waals surface area contributed by atoms with Crippen molar-refractivity contribution in [1.82, 2.24) is 10.3 Å². The number of hydrogen-bond donors (Lipinski definition) is 1. The minimum Gasteiger partial charge on any atom is -0.431 e. The van der Waals surface area contributed by atoms with E-state index >= 15 is 0 Å². The Morgan fingerprint density at radius 1 is 1.29 bits per heavy atom. The molecule has 1 aromatic heterocycles. The topological polar surface area (TPSA) is 55.1 Å². The van der Waals surface area contributed by atoms with Gasteiger partial charge < -0.3 is 9.73 Å². The van der Waals surface area contributed by atoms with Gasteiger partial charge >= 0.3 is 0 Å². The zero-order valence-electron chi connectivity index (χ0n) is 14.2. The van der Waals surface area contributed by atoms with Crippen LogP contribution in [0.15, 0.2) is 33.9 Å². The lowest BCUT2D eigenvalue weighted by atomic mass is 9.84. The van der Waals surface area contributed by atoms with Crippen LogP contribution in [-0.2, 0) is 4.79 Å². The number of nitrogens with zero attached hydrogens (tertiary/aromatic N) is 1. The maximum Gasteiger partial charge on any atom is 0.257 e. The lowest BCUT2D eigenvalue weighted by molar-refractivity contribution is -0.121. The summed E-state index contributed by atoms with van der Waals surface area (Å²) in [7, 11) is 0. The first kappa shape index (κ1) is 16.0. The average molecular weight is 344 g/mol. The Labute approximate surface area is 146 Å². The van der Waals surface area contributed by atoms with E-state index in [1.807, 2.05) is 31.2 Å². The van der Waals surface area contributed by atoms with Gasteiger partial charge in [0.05, 0.1) is 5.25 Å². The summed E-state index contributed by atoms with van der Waals surface area (Å²) in [6.45, 7) is 4.09. The summed E-state index contributed by atoms with van der Waals surface area (Å²) in [5.74, 6) is 2.47. The van der Waals surface area contributed by atoms with E-state index in [-0.39, 0.29) is 17.2 Å². The van der Waals surface area contributed by atoms with Gasteiger partial charge in [0.2, 0.25) is 5.91 Å². The molecular formula is C19H24N2O2S. The Morgan fingerprint density at radius 2 is 2.12 bits per heavy atom. The second-order valence-electron chi connectivity index (χ2n) is 7.34. The summed E-state index contributed by atoms with van der Waals surface area (Å²) in [5, 5.41) is 3.58. The Balaban J connectivity index is 1.35.